The van der Waals surface area contributed by atoms with Crippen LogP contribution >= 0.6 is 0 Å². The third kappa shape index (κ3) is 2.67. The van der Waals surface area contributed by atoms with Gasteiger partial charge in [-0.15, -0.1) is 0 Å². The Labute approximate surface area is 146 Å². The molecule has 1 aromatic rings. The number of rotatable bonds is 4. The van der Waals surface area contributed by atoms with Crippen molar-refractivity contribution in [2.45, 2.75) is 44.2 Å². The summed E-state index contributed by atoms with van der Waals surface area (Å²) < 4.78 is 0. The second-order valence-corrected chi connectivity index (χ2v) is 7.30. The molecular weight excluding hydrogens is 320 g/mol. The quantitative estimate of drug-likeness (QED) is 0.840. The fraction of sp³-hybridized carbons (Fsp3) is 0.556. The zero-order valence-corrected chi connectivity index (χ0v) is 14.3. The molecule has 0 aromatic carbocycles. The molecule has 0 radical (unpaired) electrons. The van der Waals surface area contributed by atoms with Crippen LogP contribution in [0.1, 0.15) is 44.3 Å². The zero-order chi connectivity index (χ0) is 17.6. The fourth-order valence-electron chi connectivity index (χ4n) is 3.97. The Morgan fingerprint density at radius 2 is 2.12 bits per heavy atom. The molecule has 3 fully saturated rings. The number of nitrogens with zero attached hydrogens (tertiary/aromatic N) is 3. The van der Waals surface area contributed by atoms with Gasteiger partial charge in [0.2, 0.25) is 5.91 Å². The molecule has 7 heteroatoms. The van der Waals surface area contributed by atoms with E-state index in [4.69, 9.17) is 0 Å². The Morgan fingerprint density at radius 3 is 2.80 bits per heavy atom. The van der Waals surface area contributed by atoms with Gasteiger partial charge in [0, 0.05) is 12.7 Å². The first kappa shape index (κ1) is 16.1. The van der Waals surface area contributed by atoms with Crippen molar-refractivity contribution in [3.05, 3.63) is 30.1 Å². The maximum absolute atomic E-state index is 12.8. The molecule has 0 spiro atoms. The highest BCUT2D eigenvalue weighted by molar-refractivity contribution is 6.09. The fourth-order valence-corrected chi connectivity index (χ4v) is 3.97. The van der Waals surface area contributed by atoms with Crippen molar-refractivity contribution >= 4 is 17.8 Å². The number of imide groups is 1. The van der Waals surface area contributed by atoms with E-state index >= 15 is 0 Å². The zero-order valence-electron chi connectivity index (χ0n) is 14.3. The lowest BCUT2D eigenvalue weighted by Gasteiger charge is -2.26. The van der Waals surface area contributed by atoms with Crippen molar-refractivity contribution in [2.75, 3.05) is 13.1 Å². The Hall–Kier alpha value is -2.44. The van der Waals surface area contributed by atoms with Crippen LogP contribution in [-0.2, 0) is 9.59 Å². The van der Waals surface area contributed by atoms with E-state index in [2.05, 4.69) is 10.3 Å². The molecule has 1 saturated carbocycles. The monoisotopic (exact) mass is 342 g/mol. The molecule has 2 atom stereocenters. The third-order valence-corrected chi connectivity index (χ3v) is 5.59. The van der Waals surface area contributed by atoms with Gasteiger partial charge in [0.15, 0.2) is 0 Å². The van der Waals surface area contributed by atoms with Crippen molar-refractivity contribution in [3.63, 3.8) is 0 Å². The number of carbonyl (C=O) groups excluding carboxylic acids is 3. The summed E-state index contributed by atoms with van der Waals surface area (Å²) in [4.78, 5) is 44.9. The Balaban J connectivity index is 1.48. The smallest absolute Gasteiger partial charge is 0.325 e. The van der Waals surface area contributed by atoms with E-state index in [0.29, 0.717) is 6.54 Å². The van der Waals surface area contributed by atoms with E-state index in [1.165, 1.54) is 0 Å². The second kappa shape index (κ2) is 5.82. The van der Waals surface area contributed by atoms with Crippen LogP contribution in [0.2, 0.25) is 0 Å². The van der Waals surface area contributed by atoms with Crippen molar-refractivity contribution in [2.24, 2.45) is 5.92 Å². The largest absolute Gasteiger partial charge is 0.333 e. The molecule has 4 rings (SSSR count). The summed E-state index contributed by atoms with van der Waals surface area (Å²) in [6.07, 6.45) is 5.35. The van der Waals surface area contributed by atoms with Gasteiger partial charge in [0.1, 0.15) is 12.1 Å². The van der Waals surface area contributed by atoms with Crippen molar-refractivity contribution in [1.29, 1.82) is 0 Å². The SMILES string of the molecule is C[C@]1(C2CC2)NC(=O)N(CC(=O)N2CCC[C@@H]2c2ccccn2)C1=O. The summed E-state index contributed by atoms with van der Waals surface area (Å²) in [7, 11) is 0. The lowest BCUT2D eigenvalue weighted by molar-refractivity contribution is -0.139. The molecule has 132 valence electrons. The van der Waals surface area contributed by atoms with Crippen LogP contribution in [0.15, 0.2) is 24.4 Å². The van der Waals surface area contributed by atoms with Crippen molar-refractivity contribution in [3.8, 4) is 0 Å². The molecule has 7 nitrogen and oxygen atoms in total. The Kier molecular flexibility index (Phi) is 3.74. The average molecular weight is 342 g/mol. The standard InChI is InChI=1S/C18H22N4O3/c1-18(12-7-8-12)16(24)22(17(25)20-18)11-15(23)21-10-4-6-14(21)13-5-2-3-9-19-13/h2-3,5,9,12,14H,4,6-8,10-11H2,1H3,(H,20,25)/t14-,18-/m1/s1. The first-order chi connectivity index (χ1) is 12.0. The minimum Gasteiger partial charge on any atom is -0.333 e. The number of amides is 4. The van der Waals surface area contributed by atoms with Gasteiger partial charge in [0.25, 0.3) is 5.91 Å². The van der Waals surface area contributed by atoms with Gasteiger partial charge in [-0.3, -0.25) is 19.5 Å². The molecule has 4 amide bonds. The molecule has 0 bridgehead atoms. The molecule has 3 aliphatic rings. The Morgan fingerprint density at radius 1 is 1.32 bits per heavy atom. The van der Waals surface area contributed by atoms with Gasteiger partial charge in [-0.1, -0.05) is 6.07 Å². The van der Waals surface area contributed by atoms with Crippen LogP contribution in [0, 0.1) is 5.92 Å². The number of pyridine rings is 1. The molecule has 0 unspecified atom stereocenters. The van der Waals surface area contributed by atoms with Crippen molar-refractivity contribution < 1.29 is 14.4 Å². The molecule has 1 N–H and O–H groups in total. The molecule has 25 heavy (non-hydrogen) atoms. The second-order valence-electron chi connectivity index (χ2n) is 7.30. The van der Waals surface area contributed by atoms with Gasteiger partial charge in [-0.25, -0.2) is 4.79 Å². The normalized spacial score (nSPS) is 29.2. The lowest BCUT2D eigenvalue weighted by atomic mass is 9.96. The van der Waals surface area contributed by atoms with Gasteiger partial charge >= 0.3 is 6.03 Å². The lowest BCUT2D eigenvalue weighted by Crippen LogP contribution is -2.47. The number of hydrogen-bond acceptors (Lipinski definition) is 4. The number of hydrogen-bond donors (Lipinski definition) is 1. The summed E-state index contributed by atoms with van der Waals surface area (Å²) >= 11 is 0. The van der Waals surface area contributed by atoms with E-state index in [9.17, 15) is 14.4 Å². The van der Waals surface area contributed by atoms with Crippen LogP contribution < -0.4 is 5.32 Å². The number of likely N-dealkylation sites (tertiary alicyclic amines) is 1. The third-order valence-electron chi connectivity index (χ3n) is 5.59. The molecule has 1 aliphatic carbocycles. The van der Waals surface area contributed by atoms with Gasteiger partial charge in [-0.05, 0) is 50.7 Å². The highest BCUT2D eigenvalue weighted by atomic mass is 16.2. The Bertz CT molecular complexity index is 718. The summed E-state index contributed by atoms with van der Waals surface area (Å²) in [6, 6.07) is 5.12. The average Bonchev–Trinajstić information content (AvgIpc) is 3.32. The first-order valence-corrected chi connectivity index (χ1v) is 8.85. The summed E-state index contributed by atoms with van der Waals surface area (Å²) in [6.45, 7) is 2.20. The molecular formula is C18H22N4O3. The van der Waals surface area contributed by atoms with Gasteiger partial charge in [0.05, 0.1) is 11.7 Å². The highest BCUT2D eigenvalue weighted by Gasteiger charge is 2.56. The van der Waals surface area contributed by atoms with E-state index in [1.54, 1.807) is 18.0 Å². The number of nitrogens with one attached hydrogen (secondary N) is 1. The predicted molar refractivity (Wildman–Crippen MR) is 89.3 cm³/mol. The van der Waals surface area contributed by atoms with E-state index in [-0.39, 0.29) is 30.3 Å². The summed E-state index contributed by atoms with van der Waals surface area (Å²) in [5.74, 6) is -0.282. The maximum Gasteiger partial charge on any atom is 0.325 e. The molecule has 2 aliphatic heterocycles. The van der Waals surface area contributed by atoms with Crippen LogP contribution in [0.5, 0.6) is 0 Å². The van der Waals surface area contributed by atoms with Crippen LogP contribution in [0.25, 0.3) is 0 Å². The maximum atomic E-state index is 12.8. The minimum absolute atomic E-state index is 0.0794. The number of urea groups is 1. The van der Waals surface area contributed by atoms with Crippen LogP contribution in [0.3, 0.4) is 0 Å². The van der Waals surface area contributed by atoms with Crippen LogP contribution in [-0.4, -0.2) is 51.3 Å². The summed E-state index contributed by atoms with van der Waals surface area (Å²) in [5, 5.41) is 2.79. The van der Waals surface area contributed by atoms with E-state index in [0.717, 1.165) is 36.3 Å². The summed E-state index contributed by atoms with van der Waals surface area (Å²) in [5.41, 5.74) is 0.0105. The van der Waals surface area contributed by atoms with E-state index in [1.807, 2.05) is 18.2 Å². The molecule has 3 heterocycles. The number of carbonyl (C=O) groups is 3. The van der Waals surface area contributed by atoms with Crippen molar-refractivity contribution in [1.82, 2.24) is 20.1 Å². The predicted octanol–water partition coefficient (Wildman–Crippen LogP) is 1.47. The van der Waals surface area contributed by atoms with Crippen LogP contribution in [0.4, 0.5) is 4.79 Å². The number of aromatic nitrogens is 1. The topological polar surface area (TPSA) is 82.6 Å². The van der Waals surface area contributed by atoms with Gasteiger partial charge in [-0.2, -0.15) is 0 Å². The minimum atomic E-state index is -0.844. The first-order valence-electron chi connectivity index (χ1n) is 8.85. The highest BCUT2D eigenvalue weighted by Crippen LogP contribution is 2.42. The van der Waals surface area contributed by atoms with Gasteiger partial charge < -0.3 is 10.2 Å². The molecule has 1 aromatic heterocycles. The van der Waals surface area contributed by atoms with E-state index < -0.39 is 11.6 Å². The molecule has 2 saturated heterocycles.